The summed E-state index contributed by atoms with van der Waals surface area (Å²) in [7, 11) is 0. The lowest BCUT2D eigenvalue weighted by Gasteiger charge is -2.15. The predicted octanol–water partition coefficient (Wildman–Crippen LogP) is 12.1. The molecular weight excluding hydrogens is 673 g/mol. The summed E-state index contributed by atoms with van der Waals surface area (Å²) in [5.74, 6) is 0.820. The molecule has 0 bridgehead atoms. The van der Waals surface area contributed by atoms with Crippen LogP contribution in [0.25, 0.3) is 116 Å². The summed E-state index contributed by atoms with van der Waals surface area (Å²) in [4.78, 5) is 15.7. The third-order valence-electron chi connectivity index (χ3n) is 11.6. The van der Waals surface area contributed by atoms with E-state index in [1.807, 2.05) is 0 Å². The van der Waals surface area contributed by atoms with Crippen LogP contribution < -0.4 is 0 Å². The Morgan fingerprint density at radius 2 is 0.891 bits per heavy atom. The van der Waals surface area contributed by atoms with E-state index >= 15 is 0 Å². The molecule has 254 valence electrons. The lowest BCUT2D eigenvalue weighted by molar-refractivity contribution is 0.982. The second-order valence-electron chi connectivity index (χ2n) is 14.4. The zero-order valence-corrected chi connectivity index (χ0v) is 29.3. The third-order valence-corrected chi connectivity index (χ3v) is 11.6. The van der Waals surface area contributed by atoms with Crippen molar-refractivity contribution in [1.29, 1.82) is 0 Å². The zero-order chi connectivity index (χ0) is 35.8. The van der Waals surface area contributed by atoms with Gasteiger partial charge in [0, 0.05) is 32.3 Å². The Kier molecular flexibility index (Phi) is 5.54. The molecule has 0 aliphatic heterocycles. The summed E-state index contributed by atoms with van der Waals surface area (Å²) in [5, 5.41) is 9.28. The maximum absolute atomic E-state index is 5.44. The van der Waals surface area contributed by atoms with Crippen LogP contribution in [0.4, 0.5) is 0 Å². The van der Waals surface area contributed by atoms with Crippen LogP contribution in [-0.2, 0) is 0 Å². The number of benzene rings is 8. The van der Waals surface area contributed by atoms with Gasteiger partial charge in [-0.05, 0) is 82.6 Å². The molecule has 0 fully saturated rings. The van der Waals surface area contributed by atoms with E-state index in [1.165, 1.54) is 43.4 Å². The molecule has 0 unspecified atom stereocenters. The first kappa shape index (κ1) is 28.9. The predicted molar refractivity (Wildman–Crippen MR) is 227 cm³/mol. The van der Waals surface area contributed by atoms with Crippen LogP contribution in [0, 0.1) is 0 Å². The van der Waals surface area contributed by atoms with Crippen molar-refractivity contribution in [3.05, 3.63) is 170 Å². The number of imidazole rings is 2. The molecular formula is C49H28N6. The molecule has 8 aromatic carbocycles. The van der Waals surface area contributed by atoms with Crippen LogP contribution in [-0.4, -0.2) is 28.3 Å². The van der Waals surface area contributed by atoms with Gasteiger partial charge < -0.3 is 0 Å². The molecule has 6 heteroatoms. The number of hydrogen-bond donors (Lipinski definition) is 0. The molecule has 0 spiro atoms. The van der Waals surface area contributed by atoms with Gasteiger partial charge in [0.05, 0.1) is 44.1 Å². The smallest absolute Gasteiger partial charge is 0.221 e. The standard InChI is InChI=1S/C49H28N6/c1-3-16-33-30(13-1)36(29-25-26-43-37(27-29)31-14-2-4-17-34(31)47-50-40-20-8-11-23-44(40)53(43)47)28-38-32-15-6-10-22-42(32)54(46(33)38)49-52-39-19-7-5-18-35(39)48-51-41-21-9-12-24-45(41)55(48)49/h1-28H. The fourth-order valence-corrected chi connectivity index (χ4v) is 9.22. The molecule has 5 heterocycles. The van der Waals surface area contributed by atoms with Crippen LogP contribution in [0.1, 0.15) is 0 Å². The van der Waals surface area contributed by atoms with Crippen molar-refractivity contribution >= 4 is 98.5 Å². The summed E-state index contributed by atoms with van der Waals surface area (Å²) in [5.41, 5.74) is 12.6. The highest BCUT2D eigenvalue weighted by Crippen LogP contribution is 2.43. The van der Waals surface area contributed by atoms with E-state index in [0.29, 0.717) is 0 Å². The minimum Gasteiger partial charge on any atom is -0.292 e. The molecule has 0 aliphatic carbocycles. The fraction of sp³-hybridized carbons (Fsp3) is 0. The Bertz CT molecular complexity index is 3790. The number of hydrogen-bond acceptors (Lipinski definition) is 3. The molecule has 0 atom stereocenters. The van der Waals surface area contributed by atoms with Gasteiger partial charge in [0.25, 0.3) is 0 Å². The van der Waals surface area contributed by atoms with E-state index in [-0.39, 0.29) is 0 Å². The van der Waals surface area contributed by atoms with E-state index < -0.39 is 0 Å². The Balaban J connectivity index is 1.16. The highest BCUT2D eigenvalue weighted by molar-refractivity contribution is 6.23. The van der Waals surface area contributed by atoms with Crippen LogP contribution in [0.5, 0.6) is 0 Å². The van der Waals surface area contributed by atoms with E-state index in [0.717, 1.165) is 72.1 Å². The van der Waals surface area contributed by atoms with Gasteiger partial charge in [0.1, 0.15) is 11.3 Å². The number of nitrogens with zero attached hydrogens (tertiary/aromatic N) is 6. The molecule has 0 saturated heterocycles. The normalized spacial score (nSPS) is 12.4. The Morgan fingerprint density at radius 3 is 1.65 bits per heavy atom. The monoisotopic (exact) mass is 700 g/mol. The van der Waals surface area contributed by atoms with Crippen molar-refractivity contribution in [2.75, 3.05) is 0 Å². The average molecular weight is 701 g/mol. The van der Waals surface area contributed by atoms with Crippen molar-refractivity contribution < 1.29 is 0 Å². The zero-order valence-electron chi connectivity index (χ0n) is 29.3. The third kappa shape index (κ3) is 3.79. The van der Waals surface area contributed by atoms with Gasteiger partial charge in [0.2, 0.25) is 5.95 Å². The van der Waals surface area contributed by atoms with Crippen LogP contribution in [0.15, 0.2) is 170 Å². The molecule has 0 aliphatic rings. The van der Waals surface area contributed by atoms with Crippen molar-refractivity contribution in [2.45, 2.75) is 0 Å². The maximum atomic E-state index is 5.44. The van der Waals surface area contributed by atoms with Gasteiger partial charge in [-0.3, -0.25) is 13.4 Å². The average Bonchev–Trinajstić information content (AvgIpc) is 3.94. The van der Waals surface area contributed by atoms with Gasteiger partial charge >= 0.3 is 0 Å². The van der Waals surface area contributed by atoms with E-state index in [1.54, 1.807) is 0 Å². The number of rotatable bonds is 2. The van der Waals surface area contributed by atoms with Crippen molar-refractivity contribution in [3.63, 3.8) is 0 Å². The van der Waals surface area contributed by atoms with Crippen molar-refractivity contribution in [2.24, 2.45) is 0 Å². The molecule has 0 amide bonds. The highest BCUT2D eigenvalue weighted by atomic mass is 15.2. The Labute approximate surface area is 312 Å². The fourth-order valence-electron chi connectivity index (χ4n) is 9.22. The van der Waals surface area contributed by atoms with E-state index in [2.05, 4.69) is 183 Å². The van der Waals surface area contributed by atoms with E-state index in [9.17, 15) is 0 Å². The number of fused-ring (bicyclic) bond motifs is 18. The van der Waals surface area contributed by atoms with Gasteiger partial charge in [-0.15, -0.1) is 0 Å². The molecule has 55 heavy (non-hydrogen) atoms. The molecule has 13 aromatic rings. The second kappa shape index (κ2) is 10.5. The summed E-state index contributed by atoms with van der Waals surface area (Å²) in [6.45, 7) is 0. The first-order valence-corrected chi connectivity index (χ1v) is 18.6. The molecule has 13 rings (SSSR count). The summed E-state index contributed by atoms with van der Waals surface area (Å²) >= 11 is 0. The quantitative estimate of drug-likeness (QED) is 0.169. The first-order chi connectivity index (χ1) is 27.3. The largest absolute Gasteiger partial charge is 0.292 e. The molecule has 0 N–H and O–H groups in total. The SMILES string of the molecule is c1ccc2c(c1)nc(-n1c3ccccc3c3cc(-c4ccc5c(c4)c4ccccc4c4nc6ccccc6n54)c4ccccc4c31)n1c3ccccc3nc21. The molecule has 0 radical (unpaired) electrons. The number of aromatic nitrogens is 6. The molecule has 5 aromatic heterocycles. The maximum Gasteiger partial charge on any atom is 0.221 e. The molecule has 6 nitrogen and oxygen atoms in total. The minimum atomic E-state index is 0.820. The Morgan fingerprint density at radius 1 is 0.327 bits per heavy atom. The van der Waals surface area contributed by atoms with Gasteiger partial charge in [-0.25, -0.2) is 15.0 Å². The van der Waals surface area contributed by atoms with Gasteiger partial charge in [-0.2, -0.15) is 0 Å². The van der Waals surface area contributed by atoms with Crippen LogP contribution in [0.2, 0.25) is 0 Å². The summed E-state index contributed by atoms with van der Waals surface area (Å²) < 4.78 is 6.92. The number of pyridine rings is 1. The summed E-state index contributed by atoms with van der Waals surface area (Å²) in [6, 6.07) is 60.7. The number of para-hydroxylation sites is 6. The highest BCUT2D eigenvalue weighted by Gasteiger charge is 2.23. The summed E-state index contributed by atoms with van der Waals surface area (Å²) in [6.07, 6.45) is 0. The van der Waals surface area contributed by atoms with Crippen molar-refractivity contribution in [3.8, 4) is 17.1 Å². The molecule has 0 saturated carbocycles. The first-order valence-electron chi connectivity index (χ1n) is 18.6. The van der Waals surface area contributed by atoms with Gasteiger partial charge in [-0.1, -0.05) is 109 Å². The van der Waals surface area contributed by atoms with E-state index in [4.69, 9.17) is 15.0 Å². The lowest BCUT2D eigenvalue weighted by Crippen LogP contribution is -2.06. The van der Waals surface area contributed by atoms with Gasteiger partial charge in [0.15, 0.2) is 0 Å². The topological polar surface area (TPSA) is 52.4 Å². The Hall–Kier alpha value is -7.57. The second-order valence-corrected chi connectivity index (χ2v) is 14.4. The van der Waals surface area contributed by atoms with Crippen LogP contribution in [0.3, 0.4) is 0 Å². The minimum absolute atomic E-state index is 0.820. The van der Waals surface area contributed by atoms with Crippen LogP contribution >= 0.6 is 0 Å². The van der Waals surface area contributed by atoms with Crippen molar-refractivity contribution in [1.82, 2.24) is 28.3 Å². The lowest BCUT2D eigenvalue weighted by atomic mass is 9.93.